The van der Waals surface area contributed by atoms with Crippen molar-refractivity contribution in [1.29, 1.82) is 0 Å². The first-order valence-corrected chi connectivity index (χ1v) is 3.17. The summed E-state index contributed by atoms with van der Waals surface area (Å²) in [6.45, 7) is 5.33. The molecule has 0 radical (unpaired) electrons. The van der Waals surface area contributed by atoms with E-state index in [1.165, 1.54) is 0 Å². The van der Waals surface area contributed by atoms with Crippen LogP contribution < -0.4 is 5.32 Å². The average Bonchev–Trinajstić information content (AvgIpc) is 1.85. The van der Waals surface area contributed by atoms with Crippen molar-refractivity contribution in [3.8, 4) is 0 Å². The molecule has 0 unspecified atom stereocenters. The van der Waals surface area contributed by atoms with Gasteiger partial charge in [-0.3, -0.25) is 4.79 Å². The van der Waals surface area contributed by atoms with Gasteiger partial charge in [0.25, 0.3) is 0 Å². The second kappa shape index (κ2) is 5.56. The predicted molar refractivity (Wildman–Crippen MR) is 35.2 cm³/mol. The Hall–Kier alpha value is -0.570. The van der Waals surface area contributed by atoms with Crippen LogP contribution in [0.3, 0.4) is 0 Å². The molecular formula is C6H13NO2. The third-order valence-electron chi connectivity index (χ3n) is 0.825. The third kappa shape index (κ3) is 5.30. The smallest absolute Gasteiger partial charge is 0.319 e. The maximum absolute atomic E-state index is 10.5. The second-order valence-electron chi connectivity index (χ2n) is 1.59. The van der Waals surface area contributed by atoms with Crippen LogP contribution in [0.5, 0.6) is 0 Å². The fourth-order valence-corrected chi connectivity index (χ4v) is 0.439. The molecule has 0 aliphatic carbocycles. The van der Waals surface area contributed by atoms with Gasteiger partial charge >= 0.3 is 5.97 Å². The van der Waals surface area contributed by atoms with Gasteiger partial charge in [-0.1, -0.05) is 6.92 Å². The zero-order valence-electron chi connectivity index (χ0n) is 5.94. The monoisotopic (exact) mass is 131 g/mol. The summed E-state index contributed by atoms with van der Waals surface area (Å²) < 4.78 is 4.64. The van der Waals surface area contributed by atoms with E-state index in [4.69, 9.17) is 0 Å². The van der Waals surface area contributed by atoms with Crippen molar-refractivity contribution in [2.24, 2.45) is 0 Å². The Morgan fingerprint density at radius 2 is 2.22 bits per heavy atom. The number of esters is 1. The van der Waals surface area contributed by atoms with Crippen molar-refractivity contribution in [2.45, 2.75) is 13.8 Å². The minimum absolute atomic E-state index is 0.181. The van der Waals surface area contributed by atoms with Gasteiger partial charge in [-0.2, -0.15) is 0 Å². The van der Waals surface area contributed by atoms with Crippen LogP contribution in [0.4, 0.5) is 0 Å². The standard InChI is InChI=1S/C6H13NO2/c1-3-7-5-6(8)9-4-2/h7H,3-5H2,1-2H3. The molecule has 3 heteroatoms. The third-order valence-corrected chi connectivity index (χ3v) is 0.825. The molecule has 0 aromatic heterocycles. The lowest BCUT2D eigenvalue weighted by Crippen LogP contribution is -2.24. The lowest BCUT2D eigenvalue weighted by Gasteiger charge is -1.99. The van der Waals surface area contributed by atoms with Crippen LogP contribution in [-0.2, 0) is 9.53 Å². The van der Waals surface area contributed by atoms with Crippen molar-refractivity contribution in [3.63, 3.8) is 0 Å². The molecule has 0 saturated carbocycles. The molecule has 0 spiro atoms. The SMILES string of the molecule is CCNCC(=O)OCC. The Kier molecular flexibility index (Phi) is 5.21. The van der Waals surface area contributed by atoms with Crippen LogP contribution in [0.15, 0.2) is 0 Å². The van der Waals surface area contributed by atoms with E-state index < -0.39 is 0 Å². The van der Waals surface area contributed by atoms with Gasteiger partial charge in [-0.15, -0.1) is 0 Å². The minimum atomic E-state index is -0.181. The largest absolute Gasteiger partial charge is 0.465 e. The van der Waals surface area contributed by atoms with Gasteiger partial charge in [0.2, 0.25) is 0 Å². The molecule has 54 valence electrons. The Bertz CT molecular complexity index is 83.1. The first-order valence-electron chi connectivity index (χ1n) is 3.17. The summed E-state index contributed by atoms with van der Waals surface area (Å²) in [5.74, 6) is -0.181. The molecule has 0 aliphatic heterocycles. The molecule has 0 aromatic carbocycles. The maximum atomic E-state index is 10.5. The number of ether oxygens (including phenoxy) is 1. The summed E-state index contributed by atoms with van der Waals surface area (Å²) in [5, 5.41) is 2.86. The summed E-state index contributed by atoms with van der Waals surface area (Å²) in [7, 11) is 0. The van der Waals surface area contributed by atoms with E-state index in [9.17, 15) is 4.79 Å². The van der Waals surface area contributed by atoms with Gasteiger partial charge in [-0.25, -0.2) is 0 Å². The van der Waals surface area contributed by atoms with Crippen LogP contribution in [-0.4, -0.2) is 25.7 Å². The highest BCUT2D eigenvalue weighted by atomic mass is 16.5. The number of rotatable bonds is 4. The van der Waals surface area contributed by atoms with E-state index >= 15 is 0 Å². The van der Waals surface area contributed by atoms with Gasteiger partial charge in [0, 0.05) is 0 Å². The molecule has 0 aliphatic rings. The molecule has 0 fully saturated rings. The first kappa shape index (κ1) is 8.43. The highest BCUT2D eigenvalue weighted by Crippen LogP contribution is 1.73. The van der Waals surface area contributed by atoms with E-state index in [-0.39, 0.29) is 5.97 Å². The normalized spacial score (nSPS) is 9.11. The number of hydrogen-bond donors (Lipinski definition) is 1. The Morgan fingerprint density at radius 3 is 2.67 bits per heavy atom. The molecule has 0 heterocycles. The van der Waals surface area contributed by atoms with Crippen LogP contribution >= 0.6 is 0 Å². The van der Waals surface area contributed by atoms with E-state index in [2.05, 4.69) is 10.1 Å². The fourth-order valence-electron chi connectivity index (χ4n) is 0.439. The van der Waals surface area contributed by atoms with E-state index in [0.29, 0.717) is 13.2 Å². The Labute approximate surface area is 55.4 Å². The zero-order chi connectivity index (χ0) is 7.11. The zero-order valence-corrected chi connectivity index (χ0v) is 5.94. The van der Waals surface area contributed by atoms with Crippen LogP contribution in [0.25, 0.3) is 0 Å². The van der Waals surface area contributed by atoms with Crippen molar-refractivity contribution in [1.82, 2.24) is 5.32 Å². The van der Waals surface area contributed by atoms with E-state index in [1.54, 1.807) is 6.92 Å². The summed E-state index contributed by atoms with van der Waals surface area (Å²) in [4.78, 5) is 10.5. The Morgan fingerprint density at radius 1 is 1.56 bits per heavy atom. The summed E-state index contributed by atoms with van der Waals surface area (Å²) in [6, 6.07) is 0. The molecular weight excluding hydrogens is 118 g/mol. The van der Waals surface area contributed by atoms with Crippen LogP contribution in [0.1, 0.15) is 13.8 Å². The molecule has 0 saturated heterocycles. The molecule has 0 aromatic rings. The molecule has 0 amide bonds. The number of nitrogens with one attached hydrogen (secondary N) is 1. The summed E-state index contributed by atoms with van der Waals surface area (Å²) >= 11 is 0. The molecule has 0 rings (SSSR count). The summed E-state index contributed by atoms with van der Waals surface area (Å²) in [5.41, 5.74) is 0. The highest BCUT2D eigenvalue weighted by molar-refractivity contribution is 5.71. The molecule has 3 nitrogen and oxygen atoms in total. The average molecular weight is 131 g/mol. The van der Waals surface area contributed by atoms with Gasteiger partial charge in [0.15, 0.2) is 0 Å². The number of carbonyl (C=O) groups is 1. The van der Waals surface area contributed by atoms with Crippen molar-refractivity contribution in [2.75, 3.05) is 19.7 Å². The van der Waals surface area contributed by atoms with Gasteiger partial charge in [0.05, 0.1) is 13.2 Å². The topological polar surface area (TPSA) is 38.3 Å². The molecule has 0 bridgehead atoms. The van der Waals surface area contributed by atoms with Gasteiger partial charge in [-0.05, 0) is 13.5 Å². The van der Waals surface area contributed by atoms with Crippen molar-refractivity contribution >= 4 is 5.97 Å². The Balaban J connectivity index is 3.06. The van der Waals surface area contributed by atoms with Gasteiger partial charge < -0.3 is 10.1 Å². The maximum Gasteiger partial charge on any atom is 0.319 e. The molecule has 9 heavy (non-hydrogen) atoms. The number of hydrogen-bond acceptors (Lipinski definition) is 3. The van der Waals surface area contributed by atoms with Crippen LogP contribution in [0, 0.1) is 0 Å². The van der Waals surface area contributed by atoms with Gasteiger partial charge in [0.1, 0.15) is 0 Å². The van der Waals surface area contributed by atoms with Crippen molar-refractivity contribution in [3.05, 3.63) is 0 Å². The second-order valence-corrected chi connectivity index (χ2v) is 1.59. The lowest BCUT2D eigenvalue weighted by atomic mass is 10.6. The molecule has 0 atom stereocenters. The molecule has 1 N–H and O–H groups in total. The summed E-state index contributed by atoms with van der Waals surface area (Å²) in [6.07, 6.45) is 0. The number of carbonyl (C=O) groups excluding carboxylic acids is 1. The van der Waals surface area contributed by atoms with E-state index in [0.717, 1.165) is 6.54 Å². The first-order chi connectivity index (χ1) is 4.31. The highest BCUT2D eigenvalue weighted by Gasteiger charge is 1.96. The quantitative estimate of drug-likeness (QED) is 0.552. The lowest BCUT2D eigenvalue weighted by molar-refractivity contribution is -0.141. The minimum Gasteiger partial charge on any atom is -0.465 e. The predicted octanol–water partition coefficient (Wildman–Crippen LogP) is 0.159. The van der Waals surface area contributed by atoms with Crippen LogP contribution in [0.2, 0.25) is 0 Å². The number of likely N-dealkylation sites (N-methyl/N-ethyl adjacent to an activating group) is 1. The fraction of sp³-hybridized carbons (Fsp3) is 0.833. The van der Waals surface area contributed by atoms with Crippen molar-refractivity contribution < 1.29 is 9.53 Å². The van der Waals surface area contributed by atoms with E-state index in [1.807, 2.05) is 6.92 Å².